The molecule has 1 saturated heterocycles. The van der Waals surface area contributed by atoms with Crippen LogP contribution < -0.4 is 15.1 Å². The number of carbonyl (C=O) groups is 2. The van der Waals surface area contributed by atoms with Gasteiger partial charge in [-0.25, -0.2) is 4.79 Å². The maximum absolute atomic E-state index is 11.9. The molecule has 1 aliphatic heterocycles. The number of carboxylic acids is 1. The van der Waals surface area contributed by atoms with Crippen LogP contribution in [0.15, 0.2) is 42.5 Å². The number of nitrogens with one attached hydrogen (secondary N) is 1. The summed E-state index contributed by atoms with van der Waals surface area (Å²) in [4.78, 5) is 27.9. The van der Waals surface area contributed by atoms with E-state index in [0.717, 1.165) is 25.3 Å². The highest BCUT2D eigenvalue weighted by atomic mass is 16.4. The number of anilines is 3. The summed E-state index contributed by atoms with van der Waals surface area (Å²) in [6, 6.07) is 13.7. The van der Waals surface area contributed by atoms with Crippen molar-refractivity contribution in [3.8, 4) is 0 Å². The number of aryl methyl sites for hydroxylation is 1. The predicted octanol–water partition coefficient (Wildman–Crippen LogP) is 3.76. The summed E-state index contributed by atoms with van der Waals surface area (Å²) in [5, 5.41) is 12.2. The Morgan fingerprint density at radius 3 is 2.61 bits per heavy atom. The second-order valence-electron chi connectivity index (χ2n) is 7.27. The molecule has 0 aromatic heterocycles. The first-order chi connectivity index (χ1) is 13.4. The smallest absolute Gasteiger partial charge is 0.335 e. The van der Waals surface area contributed by atoms with Gasteiger partial charge in [-0.2, -0.15) is 0 Å². The first-order valence-electron chi connectivity index (χ1n) is 9.64. The molecule has 148 valence electrons. The van der Waals surface area contributed by atoms with Gasteiger partial charge in [0.25, 0.3) is 0 Å². The summed E-state index contributed by atoms with van der Waals surface area (Å²) in [7, 11) is 0. The molecule has 1 aliphatic rings. The molecule has 0 radical (unpaired) electrons. The highest BCUT2D eigenvalue weighted by Gasteiger charge is 2.26. The molecule has 6 heteroatoms. The number of rotatable bonds is 5. The van der Waals surface area contributed by atoms with E-state index in [1.165, 1.54) is 11.3 Å². The molecule has 1 atom stereocenters. The van der Waals surface area contributed by atoms with Gasteiger partial charge in [0.1, 0.15) is 0 Å². The summed E-state index contributed by atoms with van der Waals surface area (Å²) in [5.41, 5.74) is 4.04. The molecule has 1 amide bonds. The summed E-state index contributed by atoms with van der Waals surface area (Å²) < 4.78 is 0. The topological polar surface area (TPSA) is 72.9 Å². The monoisotopic (exact) mass is 381 g/mol. The fraction of sp³-hybridized carbons (Fsp3) is 0.364. The first-order valence-corrected chi connectivity index (χ1v) is 9.64. The van der Waals surface area contributed by atoms with Gasteiger partial charge in [-0.3, -0.25) is 4.79 Å². The lowest BCUT2D eigenvalue weighted by atomic mass is 10.1. The number of piperazine rings is 1. The van der Waals surface area contributed by atoms with Gasteiger partial charge in [0, 0.05) is 37.8 Å². The van der Waals surface area contributed by atoms with Crippen LogP contribution in [0.5, 0.6) is 0 Å². The van der Waals surface area contributed by atoms with Crippen LogP contribution in [-0.2, 0) is 4.79 Å². The number of amides is 1. The van der Waals surface area contributed by atoms with Crippen molar-refractivity contribution in [2.45, 2.75) is 33.2 Å². The molecule has 0 saturated carbocycles. The maximum atomic E-state index is 11.9. The Hall–Kier alpha value is -3.02. The van der Waals surface area contributed by atoms with Crippen LogP contribution in [0.1, 0.15) is 36.2 Å². The molecule has 1 fully saturated rings. The fourth-order valence-electron chi connectivity index (χ4n) is 3.65. The van der Waals surface area contributed by atoms with E-state index >= 15 is 0 Å². The highest BCUT2D eigenvalue weighted by Crippen LogP contribution is 2.31. The van der Waals surface area contributed by atoms with Crippen molar-refractivity contribution in [1.82, 2.24) is 0 Å². The van der Waals surface area contributed by atoms with E-state index in [9.17, 15) is 14.7 Å². The normalized spacial score (nSPS) is 16.8. The Morgan fingerprint density at radius 2 is 1.96 bits per heavy atom. The van der Waals surface area contributed by atoms with Gasteiger partial charge in [-0.1, -0.05) is 19.1 Å². The largest absolute Gasteiger partial charge is 0.478 e. The lowest BCUT2D eigenvalue weighted by molar-refractivity contribution is -0.115. The Kier molecular flexibility index (Phi) is 5.87. The van der Waals surface area contributed by atoms with Crippen molar-refractivity contribution in [3.63, 3.8) is 0 Å². The van der Waals surface area contributed by atoms with Crippen LogP contribution >= 0.6 is 0 Å². The third-order valence-corrected chi connectivity index (χ3v) is 5.14. The highest BCUT2D eigenvalue weighted by molar-refractivity contribution is 5.97. The van der Waals surface area contributed by atoms with Crippen LogP contribution in [0, 0.1) is 6.92 Å². The van der Waals surface area contributed by atoms with Gasteiger partial charge in [0.05, 0.1) is 16.9 Å². The quantitative estimate of drug-likeness (QED) is 0.825. The molecule has 6 nitrogen and oxygen atoms in total. The third-order valence-electron chi connectivity index (χ3n) is 5.14. The van der Waals surface area contributed by atoms with Gasteiger partial charge in [0.15, 0.2) is 0 Å². The Bertz CT molecular complexity index is 881. The average Bonchev–Trinajstić information content (AvgIpc) is 2.67. The van der Waals surface area contributed by atoms with Crippen LogP contribution in [-0.4, -0.2) is 42.7 Å². The second-order valence-corrected chi connectivity index (χ2v) is 7.27. The Labute approximate surface area is 165 Å². The first kappa shape index (κ1) is 19.7. The molecule has 1 heterocycles. The minimum atomic E-state index is -1.00. The molecular weight excluding hydrogens is 354 g/mol. The van der Waals surface area contributed by atoms with Crippen molar-refractivity contribution >= 4 is 28.9 Å². The van der Waals surface area contributed by atoms with Crippen LogP contribution in [0.2, 0.25) is 0 Å². The standard InChI is InChI=1S/C22H27N3O3/c1-4-21(26)23-19-13-17(22(27)28)8-9-20(19)24-10-11-25(16(3)14-24)18-7-5-6-15(2)12-18/h5-9,12-13,16H,4,10-11,14H2,1-3H3,(H,23,26)(H,27,28)/t16-/m0/s1. The zero-order valence-electron chi connectivity index (χ0n) is 16.6. The van der Waals surface area contributed by atoms with Crippen molar-refractivity contribution in [1.29, 1.82) is 0 Å². The minimum Gasteiger partial charge on any atom is -0.478 e. The van der Waals surface area contributed by atoms with E-state index in [1.807, 2.05) is 0 Å². The van der Waals surface area contributed by atoms with E-state index in [0.29, 0.717) is 12.1 Å². The van der Waals surface area contributed by atoms with E-state index < -0.39 is 5.97 Å². The number of aromatic carboxylic acids is 1. The summed E-state index contributed by atoms with van der Waals surface area (Å²) >= 11 is 0. The zero-order valence-corrected chi connectivity index (χ0v) is 16.6. The molecule has 28 heavy (non-hydrogen) atoms. The van der Waals surface area contributed by atoms with Gasteiger partial charge in [0.2, 0.25) is 5.91 Å². The van der Waals surface area contributed by atoms with Gasteiger partial charge in [-0.05, 0) is 49.7 Å². The summed E-state index contributed by atoms with van der Waals surface area (Å²) in [6.07, 6.45) is 0.342. The second kappa shape index (κ2) is 8.33. The minimum absolute atomic E-state index is 0.129. The Balaban J connectivity index is 1.84. The predicted molar refractivity (Wildman–Crippen MR) is 113 cm³/mol. The molecule has 2 N–H and O–H groups in total. The third kappa shape index (κ3) is 4.27. The van der Waals surface area contributed by atoms with E-state index in [2.05, 4.69) is 53.2 Å². The molecular formula is C22H27N3O3. The van der Waals surface area contributed by atoms with E-state index in [1.54, 1.807) is 25.1 Å². The molecule has 2 aromatic carbocycles. The van der Waals surface area contributed by atoms with Gasteiger partial charge < -0.3 is 20.2 Å². The zero-order chi connectivity index (χ0) is 20.3. The van der Waals surface area contributed by atoms with Gasteiger partial charge in [-0.15, -0.1) is 0 Å². The van der Waals surface area contributed by atoms with Crippen molar-refractivity contribution in [2.75, 3.05) is 34.8 Å². The number of nitrogens with zero attached hydrogens (tertiary/aromatic N) is 2. The van der Waals surface area contributed by atoms with Crippen LogP contribution in [0.3, 0.4) is 0 Å². The van der Waals surface area contributed by atoms with Crippen LogP contribution in [0.4, 0.5) is 17.1 Å². The SMILES string of the molecule is CCC(=O)Nc1cc(C(=O)O)ccc1N1CCN(c2cccc(C)c2)[C@@H](C)C1. The van der Waals surface area contributed by atoms with Crippen molar-refractivity contribution in [3.05, 3.63) is 53.6 Å². The molecule has 0 aliphatic carbocycles. The van der Waals surface area contributed by atoms with E-state index in [4.69, 9.17) is 0 Å². The number of benzene rings is 2. The molecule has 0 spiro atoms. The van der Waals surface area contributed by atoms with E-state index in [-0.39, 0.29) is 17.5 Å². The lowest BCUT2D eigenvalue weighted by Gasteiger charge is -2.43. The summed E-state index contributed by atoms with van der Waals surface area (Å²) in [6.45, 7) is 8.49. The number of hydrogen-bond acceptors (Lipinski definition) is 4. The Morgan fingerprint density at radius 1 is 1.18 bits per heavy atom. The fourth-order valence-corrected chi connectivity index (χ4v) is 3.65. The molecule has 0 unspecified atom stereocenters. The molecule has 3 rings (SSSR count). The number of carboxylic acid groups (broad SMARTS) is 1. The van der Waals surface area contributed by atoms with Gasteiger partial charge >= 0.3 is 5.97 Å². The molecule has 0 bridgehead atoms. The number of carbonyl (C=O) groups excluding carboxylic acids is 1. The van der Waals surface area contributed by atoms with Crippen molar-refractivity contribution < 1.29 is 14.7 Å². The van der Waals surface area contributed by atoms with Crippen molar-refractivity contribution in [2.24, 2.45) is 0 Å². The maximum Gasteiger partial charge on any atom is 0.335 e. The lowest BCUT2D eigenvalue weighted by Crippen LogP contribution is -2.52. The average molecular weight is 381 g/mol. The van der Waals surface area contributed by atoms with Crippen LogP contribution in [0.25, 0.3) is 0 Å². The molecule has 2 aromatic rings. The summed E-state index contributed by atoms with van der Waals surface area (Å²) in [5.74, 6) is -1.13. The number of hydrogen-bond donors (Lipinski definition) is 2.